The zero-order valence-electron chi connectivity index (χ0n) is 12.8. The third kappa shape index (κ3) is 3.28. The number of hydrogen-bond donors (Lipinski definition) is 7. The monoisotopic (exact) mass is 321 g/mol. The fourth-order valence-corrected chi connectivity index (χ4v) is 3.19. The predicted molar refractivity (Wildman–Crippen MR) is 76.7 cm³/mol. The van der Waals surface area contributed by atoms with E-state index in [1.165, 1.54) is 6.92 Å². The number of ether oxygens (including phenoxy) is 2. The Morgan fingerprint density at radius 2 is 1.77 bits per heavy atom. The summed E-state index contributed by atoms with van der Waals surface area (Å²) in [6, 6.07) is -1.90. The molecule has 1 aliphatic carbocycles. The van der Waals surface area contributed by atoms with E-state index in [1.807, 2.05) is 0 Å². The summed E-state index contributed by atoms with van der Waals surface area (Å²) in [6.45, 7) is 1.48. The first-order valence-electron chi connectivity index (χ1n) is 7.41. The van der Waals surface area contributed by atoms with Crippen molar-refractivity contribution in [3.8, 4) is 0 Å². The lowest BCUT2D eigenvalue weighted by Crippen LogP contribution is -2.68. The van der Waals surface area contributed by atoms with Gasteiger partial charge in [-0.1, -0.05) is 0 Å². The van der Waals surface area contributed by atoms with Crippen molar-refractivity contribution in [1.29, 1.82) is 0 Å². The second-order valence-corrected chi connectivity index (χ2v) is 6.44. The van der Waals surface area contributed by atoms with Crippen molar-refractivity contribution in [3.05, 3.63) is 0 Å². The first kappa shape index (κ1) is 18.0. The average molecular weight is 321 g/mol. The maximum absolute atomic E-state index is 10.3. The van der Waals surface area contributed by atoms with Crippen molar-refractivity contribution >= 4 is 0 Å². The maximum atomic E-state index is 10.3. The highest BCUT2D eigenvalue weighted by Crippen LogP contribution is 2.28. The highest BCUT2D eigenvalue weighted by atomic mass is 16.7. The van der Waals surface area contributed by atoms with Crippen LogP contribution in [0.15, 0.2) is 0 Å². The Morgan fingerprint density at radius 3 is 2.36 bits per heavy atom. The lowest BCUT2D eigenvalue weighted by molar-refractivity contribution is -0.296. The van der Waals surface area contributed by atoms with Gasteiger partial charge < -0.3 is 46.7 Å². The van der Waals surface area contributed by atoms with E-state index in [1.54, 1.807) is 7.05 Å². The molecule has 9 heteroatoms. The number of likely N-dealkylation sites (N-methyl/N-ethyl adjacent to an activating group) is 1. The molecule has 0 unspecified atom stereocenters. The van der Waals surface area contributed by atoms with Gasteiger partial charge in [0.05, 0.1) is 18.8 Å². The zero-order chi connectivity index (χ0) is 16.7. The van der Waals surface area contributed by atoms with Crippen molar-refractivity contribution in [2.45, 2.75) is 67.8 Å². The first-order chi connectivity index (χ1) is 10.2. The molecule has 9 atom stereocenters. The van der Waals surface area contributed by atoms with Gasteiger partial charge in [0.25, 0.3) is 0 Å². The molecule has 2 aliphatic rings. The Kier molecular flexibility index (Phi) is 5.42. The van der Waals surface area contributed by atoms with Crippen LogP contribution in [0.5, 0.6) is 0 Å². The summed E-state index contributed by atoms with van der Waals surface area (Å²) >= 11 is 0. The summed E-state index contributed by atoms with van der Waals surface area (Å²) in [7, 11) is 1.61. The third-order valence-corrected chi connectivity index (χ3v) is 4.52. The summed E-state index contributed by atoms with van der Waals surface area (Å²) in [5.41, 5.74) is 10.4. The summed E-state index contributed by atoms with van der Waals surface area (Å²) in [4.78, 5) is 0. The fraction of sp³-hybridized carbons (Fsp3) is 1.00. The minimum atomic E-state index is -1.27. The van der Waals surface area contributed by atoms with E-state index in [4.69, 9.17) is 20.9 Å². The highest BCUT2D eigenvalue weighted by Gasteiger charge is 2.49. The Hall–Kier alpha value is -0.360. The summed E-state index contributed by atoms with van der Waals surface area (Å²) in [6.07, 6.45) is -5.32. The van der Waals surface area contributed by atoms with Crippen LogP contribution in [0.1, 0.15) is 13.3 Å². The van der Waals surface area contributed by atoms with Crippen LogP contribution in [-0.4, -0.2) is 88.5 Å². The van der Waals surface area contributed by atoms with Gasteiger partial charge in [-0.25, -0.2) is 0 Å². The van der Waals surface area contributed by atoms with Crippen LogP contribution < -0.4 is 16.8 Å². The van der Waals surface area contributed by atoms with Gasteiger partial charge in [0.1, 0.15) is 23.9 Å². The quantitative estimate of drug-likeness (QED) is 0.276. The van der Waals surface area contributed by atoms with Gasteiger partial charge in [-0.3, -0.25) is 0 Å². The highest BCUT2D eigenvalue weighted by molar-refractivity contribution is 5.00. The van der Waals surface area contributed by atoms with Crippen LogP contribution in [0.4, 0.5) is 0 Å². The minimum absolute atomic E-state index is 0.0552. The second kappa shape index (κ2) is 6.63. The first-order valence-corrected chi connectivity index (χ1v) is 7.41. The Labute approximate surface area is 129 Å². The molecule has 0 aromatic rings. The third-order valence-electron chi connectivity index (χ3n) is 4.52. The molecule has 0 radical (unpaired) electrons. The van der Waals surface area contributed by atoms with E-state index in [9.17, 15) is 20.4 Å². The number of aliphatic hydroxyl groups excluding tert-OH is 3. The molecule has 0 aromatic carbocycles. The Bertz CT molecular complexity index is 385. The SMILES string of the molecule is CN[C@H]1[C@@H](O)[C@@H](O[C@@H]2[C@@H](O)[C@H](O)[C@@H](N)C[C@H]2N)OC[C@]1(C)O. The molecule has 1 heterocycles. The maximum Gasteiger partial charge on any atom is 0.185 e. The molecule has 1 saturated carbocycles. The summed E-state index contributed by atoms with van der Waals surface area (Å²) in [5, 5.41) is 43.2. The lowest BCUT2D eigenvalue weighted by Gasteiger charge is -2.47. The number of nitrogens with one attached hydrogen (secondary N) is 1. The molecule has 2 fully saturated rings. The molecule has 130 valence electrons. The van der Waals surface area contributed by atoms with Gasteiger partial charge in [0.15, 0.2) is 6.29 Å². The topological polar surface area (TPSA) is 163 Å². The van der Waals surface area contributed by atoms with Crippen LogP contribution in [-0.2, 0) is 9.47 Å². The molecule has 22 heavy (non-hydrogen) atoms. The Balaban J connectivity index is 2.07. The molecular weight excluding hydrogens is 294 g/mol. The number of hydrogen-bond acceptors (Lipinski definition) is 9. The Morgan fingerprint density at radius 1 is 1.14 bits per heavy atom. The molecule has 9 nitrogen and oxygen atoms in total. The lowest BCUT2D eigenvalue weighted by atomic mass is 9.84. The van der Waals surface area contributed by atoms with Crippen molar-refractivity contribution in [3.63, 3.8) is 0 Å². The predicted octanol–water partition coefficient (Wildman–Crippen LogP) is -3.79. The van der Waals surface area contributed by atoms with E-state index in [2.05, 4.69) is 5.32 Å². The van der Waals surface area contributed by atoms with Crippen molar-refractivity contribution in [2.75, 3.05) is 13.7 Å². The van der Waals surface area contributed by atoms with Crippen LogP contribution >= 0.6 is 0 Å². The average Bonchev–Trinajstić information content (AvgIpc) is 2.43. The zero-order valence-corrected chi connectivity index (χ0v) is 12.8. The van der Waals surface area contributed by atoms with Crippen molar-refractivity contribution in [1.82, 2.24) is 5.32 Å². The van der Waals surface area contributed by atoms with Crippen LogP contribution in [0.25, 0.3) is 0 Å². The van der Waals surface area contributed by atoms with Crippen LogP contribution in [0.2, 0.25) is 0 Å². The molecule has 0 bridgehead atoms. The van der Waals surface area contributed by atoms with E-state index in [0.717, 1.165) is 0 Å². The molecule has 1 saturated heterocycles. The summed E-state index contributed by atoms with van der Waals surface area (Å²) < 4.78 is 11.0. The summed E-state index contributed by atoms with van der Waals surface area (Å²) in [5.74, 6) is 0. The van der Waals surface area contributed by atoms with E-state index < -0.39 is 54.4 Å². The van der Waals surface area contributed by atoms with Gasteiger partial charge in [0, 0.05) is 12.1 Å². The van der Waals surface area contributed by atoms with Gasteiger partial charge in [-0.2, -0.15) is 0 Å². The van der Waals surface area contributed by atoms with Crippen LogP contribution in [0, 0.1) is 0 Å². The number of nitrogens with two attached hydrogens (primary N) is 2. The minimum Gasteiger partial charge on any atom is -0.389 e. The normalized spacial score (nSPS) is 53.5. The molecule has 0 spiro atoms. The van der Waals surface area contributed by atoms with E-state index >= 15 is 0 Å². The van der Waals surface area contributed by atoms with E-state index in [0.29, 0.717) is 0 Å². The second-order valence-electron chi connectivity index (χ2n) is 6.44. The molecule has 1 aliphatic heterocycles. The van der Waals surface area contributed by atoms with Crippen LogP contribution in [0.3, 0.4) is 0 Å². The van der Waals surface area contributed by atoms with Crippen molar-refractivity contribution in [2.24, 2.45) is 11.5 Å². The van der Waals surface area contributed by atoms with Gasteiger partial charge in [0.2, 0.25) is 0 Å². The standard InChI is InChI=1S/C13H27N3O6/c1-13(20)4-21-12(9(19)11(13)16-2)22-10-6(15)3-5(14)7(17)8(10)18/h5-12,16-20H,3-4,14-15H2,1-2H3/t5-,6+,7+,8-,9+,10-,11-,12+,13-/m0/s1. The smallest absolute Gasteiger partial charge is 0.185 e. The van der Waals surface area contributed by atoms with Gasteiger partial charge >= 0.3 is 0 Å². The molecular formula is C13H27N3O6. The molecule has 9 N–H and O–H groups in total. The molecule has 0 aromatic heterocycles. The molecule has 0 amide bonds. The van der Waals surface area contributed by atoms with Crippen molar-refractivity contribution < 1.29 is 29.9 Å². The number of aliphatic hydroxyl groups is 4. The van der Waals surface area contributed by atoms with E-state index in [-0.39, 0.29) is 13.0 Å². The van der Waals surface area contributed by atoms with Gasteiger partial charge in [-0.15, -0.1) is 0 Å². The number of rotatable bonds is 3. The van der Waals surface area contributed by atoms with Gasteiger partial charge in [-0.05, 0) is 20.4 Å². The molecule has 2 rings (SSSR count). The largest absolute Gasteiger partial charge is 0.389 e. The fourth-order valence-electron chi connectivity index (χ4n) is 3.19.